The molecule has 1 heterocycles. The Morgan fingerprint density at radius 1 is 0.871 bits per heavy atom. The molecule has 3 aromatic carbocycles. The number of hydrogen-bond donors (Lipinski definition) is 0. The van der Waals surface area contributed by atoms with E-state index < -0.39 is 10.1 Å². The van der Waals surface area contributed by atoms with E-state index >= 15 is 0 Å². The molecule has 0 spiro atoms. The van der Waals surface area contributed by atoms with Gasteiger partial charge in [-0.05, 0) is 56.2 Å². The quantitative estimate of drug-likeness (QED) is 0.354. The maximum Gasteiger partial charge on any atom is 0.341 e. The van der Waals surface area contributed by atoms with E-state index in [1.807, 2.05) is 49.4 Å². The molecule has 5 nitrogen and oxygen atoms in total. The summed E-state index contributed by atoms with van der Waals surface area (Å²) in [6, 6.07) is 21.7. The van der Waals surface area contributed by atoms with Crippen LogP contribution in [0.1, 0.15) is 16.7 Å². The van der Waals surface area contributed by atoms with E-state index in [9.17, 15) is 8.42 Å². The first-order valence-electron chi connectivity index (χ1n) is 9.68. The lowest BCUT2D eigenvalue weighted by Gasteiger charge is -2.13. The second-order valence-corrected chi connectivity index (χ2v) is 9.31. The fraction of sp³-hybridized carbons (Fsp3) is 0.125. The Kier molecular flexibility index (Phi) is 5.60. The van der Waals surface area contributed by atoms with Crippen molar-refractivity contribution in [2.45, 2.75) is 25.7 Å². The lowest BCUT2D eigenvalue weighted by Crippen LogP contribution is -2.15. The summed E-state index contributed by atoms with van der Waals surface area (Å²) >= 11 is 6.02. The van der Waals surface area contributed by atoms with Crippen molar-refractivity contribution >= 4 is 21.7 Å². The molecular formula is C24H21ClN2O3S. The van der Waals surface area contributed by atoms with Gasteiger partial charge in [-0.1, -0.05) is 59.6 Å². The third-order valence-corrected chi connectivity index (χ3v) is 6.65. The van der Waals surface area contributed by atoms with Crippen LogP contribution in [-0.4, -0.2) is 18.2 Å². The smallest absolute Gasteiger partial charge is 0.341 e. The fourth-order valence-electron chi connectivity index (χ4n) is 3.66. The van der Waals surface area contributed by atoms with Gasteiger partial charge in [-0.25, -0.2) is 0 Å². The third kappa shape index (κ3) is 4.36. The molecule has 0 aliphatic rings. The highest BCUT2D eigenvalue weighted by molar-refractivity contribution is 7.87. The summed E-state index contributed by atoms with van der Waals surface area (Å²) in [5.41, 5.74) is 4.34. The van der Waals surface area contributed by atoms with Gasteiger partial charge in [-0.2, -0.15) is 18.2 Å². The number of nitrogens with zero attached hydrogens (tertiary/aromatic N) is 2. The van der Waals surface area contributed by atoms with Crippen LogP contribution in [0.4, 0.5) is 0 Å². The zero-order valence-corrected chi connectivity index (χ0v) is 18.9. The maximum atomic E-state index is 13.3. The second-order valence-electron chi connectivity index (χ2n) is 7.39. The highest BCUT2D eigenvalue weighted by Gasteiger charge is 2.25. The Morgan fingerprint density at radius 3 is 2.10 bits per heavy atom. The first kappa shape index (κ1) is 21.2. The third-order valence-electron chi connectivity index (χ3n) is 4.87. The minimum absolute atomic E-state index is 0.0977. The van der Waals surface area contributed by atoms with Gasteiger partial charge in [-0.3, -0.25) is 0 Å². The monoisotopic (exact) mass is 452 g/mol. The molecule has 0 fully saturated rings. The van der Waals surface area contributed by atoms with Crippen molar-refractivity contribution in [1.82, 2.24) is 9.78 Å². The first-order chi connectivity index (χ1) is 14.7. The van der Waals surface area contributed by atoms with E-state index in [-0.39, 0.29) is 10.8 Å². The number of aryl methyl sites for hydroxylation is 3. The topological polar surface area (TPSA) is 61.2 Å². The van der Waals surface area contributed by atoms with Crippen LogP contribution in [0.5, 0.6) is 5.88 Å². The molecule has 0 saturated carbocycles. The lowest BCUT2D eigenvalue weighted by molar-refractivity contribution is 0.464. The van der Waals surface area contributed by atoms with Crippen LogP contribution in [0.15, 0.2) is 77.7 Å². The fourth-order valence-corrected chi connectivity index (χ4v) is 5.12. The predicted molar refractivity (Wildman–Crippen MR) is 122 cm³/mol. The van der Waals surface area contributed by atoms with E-state index in [0.717, 1.165) is 11.1 Å². The molecular weight excluding hydrogens is 432 g/mol. The van der Waals surface area contributed by atoms with Gasteiger partial charge in [0.05, 0.1) is 11.4 Å². The van der Waals surface area contributed by atoms with Crippen molar-refractivity contribution in [3.8, 4) is 22.8 Å². The number of rotatable bonds is 5. The number of halogens is 1. The van der Waals surface area contributed by atoms with Gasteiger partial charge in [0.1, 0.15) is 4.90 Å². The minimum atomic E-state index is -4.09. The van der Waals surface area contributed by atoms with E-state index in [4.69, 9.17) is 15.8 Å². The molecule has 0 aliphatic heterocycles. The summed E-state index contributed by atoms with van der Waals surface area (Å²) in [5.74, 6) is 0.0977. The molecule has 0 unspecified atom stereocenters. The highest BCUT2D eigenvalue weighted by Crippen LogP contribution is 2.31. The molecule has 7 heteroatoms. The van der Waals surface area contributed by atoms with Gasteiger partial charge in [0.2, 0.25) is 5.88 Å². The van der Waals surface area contributed by atoms with E-state index in [2.05, 4.69) is 5.10 Å². The summed E-state index contributed by atoms with van der Waals surface area (Å²) in [4.78, 5) is 0.170. The van der Waals surface area contributed by atoms with Gasteiger partial charge in [0, 0.05) is 16.7 Å². The van der Waals surface area contributed by atoms with Crippen molar-refractivity contribution in [2.24, 2.45) is 0 Å². The largest absolute Gasteiger partial charge is 0.358 e. The Balaban J connectivity index is 1.84. The van der Waals surface area contributed by atoms with E-state index in [1.165, 1.54) is 4.68 Å². The average Bonchev–Trinajstić information content (AvgIpc) is 3.11. The number of benzene rings is 3. The predicted octanol–water partition coefficient (Wildman–Crippen LogP) is 5.89. The Bertz CT molecular complexity index is 1320. The van der Waals surface area contributed by atoms with Crippen LogP contribution >= 0.6 is 11.6 Å². The summed E-state index contributed by atoms with van der Waals surface area (Å²) in [6.45, 7) is 5.46. The molecule has 0 saturated heterocycles. The zero-order chi connectivity index (χ0) is 22.2. The van der Waals surface area contributed by atoms with Gasteiger partial charge < -0.3 is 4.18 Å². The van der Waals surface area contributed by atoms with Gasteiger partial charge in [-0.15, -0.1) is 0 Å². The molecule has 0 atom stereocenters. The van der Waals surface area contributed by atoms with Crippen LogP contribution in [-0.2, 0) is 10.1 Å². The lowest BCUT2D eigenvalue weighted by atomic mass is 10.1. The minimum Gasteiger partial charge on any atom is -0.358 e. The maximum absolute atomic E-state index is 13.3. The molecule has 0 radical (unpaired) electrons. The molecule has 31 heavy (non-hydrogen) atoms. The molecule has 0 amide bonds. The van der Waals surface area contributed by atoms with Crippen molar-refractivity contribution < 1.29 is 12.6 Å². The van der Waals surface area contributed by atoms with Crippen molar-refractivity contribution in [2.75, 3.05) is 0 Å². The second kappa shape index (κ2) is 8.21. The molecule has 4 rings (SSSR count). The number of hydrogen-bond acceptors (Lipinski definition) is 4. The van der Waals surface area contributed by atoms with Crippen molar-refractivity contribution in [3.05, 3.63) is 94.5 Å². The molecule has 4 aromatic rings. The normalized spacial score (nSPS) is 11.5. The van der Waals surface area contributed by atoms with E-state index in [1.54, 1.807) is 44.2 Å². The molecule has 0 N–H and O–H groups in total. The summed E-state index contributed by atoms with van der Waals surface area (Å²) in [6.07, 6.45) is 0. The van der Waals surface area contributed by atoms with Crippen LogP contribution in [0.25, 0.3) is 16.9 Å². The molecule has 158 valence electrons. The zero-order valence-electron chi connectivity index (χ0n) is 17.3. The van der Waals surface area contributed by atoms with Crippen molar-refractivity contribution in [3.63, 3.8) is 0 Å². The summed E-state index contributed by atoms with van der Waals surface area (Å²) in [7, 11) is -4.09. The van der Waals surface area contributed by atoms with Crippen LogP contribution < -0.4 is 4.18 Å². The molecule has 1 aromatic heterocycles. The van der Waals surface area contributed by atoms with Crippen LogP contribution in [0.2, 0.25) is 5.02 Å². The van der Waals surface area contributed by atoms with Gasteiger partial charge >= 0.3 is 10.1 Å². The summed E-state index contributed by atoms with van der Waals surface area (Å²) in [5, 5.41) is 5.17. The Morgan fingerprint density at radius 2 is 1.48 bits per heavy atom. The van der Waals surface area contributed by atoms with Crippen molar-refractivity contribution in [1.29, 1.82) is 0 Å². The SMILES string of the molecule is Cc1cc(C)c(S(=O)(=O)Oc2cc(-c3ccccc3)nn2-c2ccc(Cl)cc2)c(C)c1. The average molecular weight is 453 g/mol. The first-order valence-corrected chi connectivity index (χ1v) is 11.5. The van der Waals surface area contributed by atoms with Gasteiger partial charge in [0.25, 0.3) is 0 Å². The standard InChI is InChI=1S/C24H21ClN2O3S/c1-16-13-17(2)24(18(3)14-16)31(28,29)30-23-15-22(19-7-5-4-6-8-19)26-27(23)21-11-9-20(25)10-12-21/h4-15H,1-3H3. The summed E-state index contributed by atoms with van der Waals surface area (Å²) < 4.78 is 33.6. The highest BCUT2D eigenvalue weighted by atomic mass is 35.5. The Labute approximate surface area is 187 Å². The van der Waals surface area contributed by atoms with Crippen LogP contribution in [0, 0.1) is 20.8 Å². The van der Waals surface area contributed by atoms with Crippen LogP contribution in [0.3, 0.4) is 0 Å². The number of aromatic nitrogens is 2. The van der Waals surface area contributed by atoms with Gasteiger partial charge in [0.15, 0.2) is 0 Å². The molecule has 0 aliphatic carbocycles. The molecule has 0 bridgehead atoms. The Hall–Kier alpha value is -3.09. The van der Waals surface area contributed by atoms with E-state index in [0.29, 0.717) is 27.5 Å².